The summed E-state index contributed by atoms with van der Waals surface area (Å²) in [5, 5.41) is 0.625. The quantitative estimate of drug-likeness (QED) is 0.736. The first-order valence-corrected chi connectivity index (χ1v) is 6.53. The van der Waals surface area contributed by atoms with Crippen LogP contribution in [0.1, 0.15) is 5.69 Å². The van der Waals surface area contributed by atoms with Gasteiger partial charge >= 0.3 is 0 Å². The molecule has 2 aromatic heterocycles. The van der Waals surface area contributed by atoms with Crippen LogP contribution in [0, 0.1) is 0 Å². The summed E-state index contributed by atoms with van der Waals surface area (Å²) in [7, 11) is 1.63. The molecule has 0 aliphatic heterocycles. The molecule has 2 heterocycles. The van der Waals surface area contributed by atoms with E-state index in [1.165, 1.54) is 0 Å². The van der Waals surface area contributed by atoms with Gasteiger partial charge in [-0.15, -0.1) is 0 Å². The third-order valence-corrected chi connectivity index (χ3v) is 3.29. The molecule has 0 radical (unpaired) electrons. The molecule has 0 saturated heterocycles. The molecule has 0 bridgehead atoms. The molecule has 0 N–H and O–H groups in total. The Hall–Kier alpha value is -2.20. The Morgan fingerprint density at radius 2 is 2.05 bits per heavy atom. The van der Waals surface area contributed by atoms with E-state index in [1.54, 1.807) is 13.3 Å². The van der Waals surface area contributed by atoms with Gasteiger partial charge in [0.1, 0.15) is 18.1 Å². The second-order valence-corrected chi connectivity index (χ2v) is 4.67. The molecule has 0 atom stereocenters. The summed E-state index contributed by atoms with van der Waals surface area (Å²) in [4.78, 5) is 4.29. The molecule has 0 spiro atoms. The summed E-state index contributed by atoms with van der Waals surface area (Å²) in [6.07, 6.45) is 3.68. The van der Waals surface area contributed by atoms with Crippen LogP contribution < -0.4 is 9.47 Å². The van der Waals surface area contributed by atoms with E-state index in [-0.39, 0.29) is 0 Å². The van der Waals surface area contributed by atoms with Crippen LogP contribution in [0.3, 0.4) is 0 Å². The van der Waals surface area contributed by atoms with Crippen LogP contribution in [-0.2, 0) is 6.61 Å². The number of aromatic nitrogens is 2. The topological polar surface area (TPSA) is 35.8 Å². The van der Waals surface area contributed by atoms with Crippen molar-refractivity contribution in [3.8, 4) is 11.5 Å². The minimum absolute atomic E-state index is 0.411. The van der Waals surface area contributed by atoms with Crippen molar-refractivity contribution in [3.63, 3.8) is 0 Å². The Balaban J connectivity index is 1.81. The van der Waals surface area contributed by atoms with E-state index in [4.69, 9.17) is 21.1 Å². The molecule has 0 aliphatic rings. The number of imidazole rings is 1. The van der Waals surface area contributed by atoms with Gasteiger partial charge in [0.15, 0.2) is 5.65 Å². The first-order chi connectivity index (χ1) is 9.78. The molecule has 3 rings (SSSR count). The van der Waals surface area contributed by atoms with E-state index < -0.39 is 0 Å². The molecule has 0 fully saturated rings. The number of fused-ring (bicyclic) bond motifs is 1. The van der Waals surface area contributed by atoms with Gasteiger partial charge in [-0.1, -0.05) is 17.7 Å². The van der Waals surface area contributed by atoms with Crippen LogP contribution in [0.2, 0.25) is 5.02 Å². The lowest BCUT2D eigenvalue weighted by Crippen LogP contribution is -1.99. The third kappa shape index (κ3) is 2.42. The van der Waals surface area contributed by atoms with Crippen molar-refractivity contribution in [2.24, 2.45) is 0 Å². The van der Waals surface area contributed by atoms with Crippen LogP contribution in [0.5, 0.6) is 11.5 Å². The van der Waals surface area contributed by atoms with Crippen molar-refractivity contribution in [2.45, 2.75) is 6.61 Å². The number of pyridine rings is 1. The first kappa shape index (κ1) is 12.8. The van der Waals surface area contributed by atoms with Crippen LogP contribution in [-0.4, -0.2) is 16.5 Å². The van der Waals surface area contributed by atoms with Crippen molar-refractivity contribution >= 4 is 17.2 Å². The Labute approximate surface area is 121 Å². The van der Waals surface area contributed by atoms with Gasteiger partial charge in [0, 0.05) is 12.3 Å². The minimum Gasteiger partial charge on any atom is -0.497 e. The van der Waals surface area contributed by atoms with E-state index in [2.05, 4.69) is 4.98 Å². The van der Waals surface area contributed by atoms with Gasteiger partial charge in [0.2, 0.25) is 0 Å². The molecular formula is C15H13ClN2O2. The van der Waals surface area contributed by atoms with E-state index in [9.17, 15) is 0 Å². The number of benzene rings is 1. The number of methoxy groups -OCH3 is 1. The fourth-order valence-corrected chi connectivity index (χ4v) is 2.19. The monoisotopic (exact) mass is 288 g/mol. The molecule has 5 heteroatoms. The van der Waals surface area contributed by atoms with E-state index in [1.807, 2.05) is 47.0 Å². The van der Waals surface area contributed by atoms with Gasteiger partial charge in [-0.05, 0) is 24.3 Å². The van der Waals surface area contributed by atoms with E-state index in [0.717, 1.165) is 22.8 Å². The van der Waals surface area contributed by atoms with Gasteiger partial charge in [-0.3, -0.25) is 4.40 Å². The largest absolute Gasteiger partial charge is 0.497 e. The molecule has 0 saturated carbocycles. The summed E-state index contributed by atoms with van der Waals surface area (Å²) in [5.41, 5.74) is 1.67. The van der Waals surface area contributed by atoms with Crippen LogP contribution in [0.4, 0.5) is 0 Å². The Morgan fingerprint density at radius 3 is 2.90 bits per heavy atom. The van der Waals surface area contributed by atoms with Crippen molar-refractivity contribution in [1.29, 1.82) is 0 Å². The highest BCUT2D eigenvalue weighted by Crippen LogP contribution is 2.21. The lowest BCUT2D eigenvalue weighted by atomic mass is 10.3. The Morgan fingerprint density at radius 1 is 1.20 bits per heavy atom. The number of halogens is 1. The fraction of sp³-hybridized carbons (Fsp3) is 0.133. The van der Waals surface area contributed by atoms with Crippen LogP contribution >= 0.6 is 11.6 Å². The smallest absolute Gasteiger partial charge is 0.155 e. The number of ether oxygens (including phenoxy) is 2. The predicted octanol–water partition coefficient (Wildman–Crippen LogP) is 3.58. The van der Waals surface area contributed by atoms with Crippen molar-refractivity contribution in [3.05, 3.63) is 59.5 Å². The van der Waals surface area contributed by atoms with Crippen LogP contribution in [0.25, 0.3) is 5.65 Å². The maximum atomic E-state index is 6.09. The number of hydrogen-bond donors (Lipinski definition) is 0. The van der Waals surface area contributed by atoms with Gasteiger partial charge in [-0.25, -0.2) is 4.98 Å². The number of hydrogen-bond acceptors (Lipinski definition) is 3. The number of rotatable bonds is 4. The summed E-state index contributed by atoms with van der Waals surface area (Å²) >= 11 is 6.09. The second-order valence-electron chi connectivity index (χ2n) is 4.27. The zero-order valence-electron chi connectivity index (χ0n) is 10.9. The molecule has 20 heavy (non-hydrogen) atoms. The Bertz CT molecular complexity index is 740. The van der Waals surface area contributed by atoms with E-state index >= 15 is 0 Å². The van der Waals surface area contributed by atoms with Crippen molar-refractivity contribution in [1.82, 2.24) is 9.38 Å². The zero-order valence-corrected chi connectivity index (χ0v) is 11.7. The molecule has 0 amide bonds. The molecule has 4 nitrogen and oxygen atoms in total. The maximum absolute atomic E-state index is 6.09. The lowest BCUT2D eigenvalue weighted by Gasteiger charge is -2.07. The number of nitrogens with zero attached hydrogens (tertiary/aromatic N) is 2. The fourth-order valence-electron chi connectivity index (χ4n) is 1.98. The van der Waals surface area contributed by atoms with Crippen molar-refractivity contribution in [2.75, 3.05) is 7.11 Å². The molecule has 102 valence electrons. The average molecular weight is 289 g/mol. The molecule has 1 aromatic carbocycles. The average Bonchev–Trinajstić information content (AvgIpc) is 2.90. The standard InChI is InChI=1S/C15H13ClN2O2/c1-19-12-4-2-5-13(8-12)20-10-11-9-17-15-14(16)6-3-7-18(11)15/h2-9H,10H2,1H3. The van der Waals surface area contributed by atoms with E-state index in [0.29, 0.717) is 11.6 Å². The summed E-state index contributed by atoms with van der Waals surface area (Å²) < 4.78 is 12.8. The normalized spacial score (nSPS) is 10.7. The Kier molecular flexibility index (Phi) is 3.48. The lowest BCUT2D eigenvalue weighted by molar-refractivity contribution is 0.298. The second kappa shape index (κ2) is 5.43. The van der Waals surface area contributed by atoms with Crippen molar-refractivity contribution < 1.29 is 9.47 Å². The summed E-state index contributed by atoms with van der Waals surface area (Å²) in [6.45, 7) is 0.411. The predicted molar refractivity (Wildman–Crippen MR) is 77.5 cm³/mol. The maximum Gasteiger partial charge on any atom is 0.155 e. The highest BCUT2D eigenvalue weighted by Gasteiger charge is 2.06. The van der Waals surface area contributed by atoms with Gasteiger partial charge in [0.25, 0.3) is 0 Å². The minimum atomic E-state index is 0.411. The highest BCUT2D eigenvalue weighted by atomic mass is 35.5. The molecular weight excluding hydrogens is 276 g/mol. The third-order valence-electron chi connectivity index (χ3n) is 2.99. The van der Waals surface area contributed by atoms with Gasteiger partial charge in [0.05, 0.1) is 24.0 Å². The summed E-state index contributed by atoms with van der Waals surface area (Å²) in [6, 6.07) is 11.2. The zero-order chi connectivity index (χ0) is 13.9. The first-order valence-electron chi connectivity index (χ1n) is 6.15. The van der Waals surface area contributed by atoms with Crippen LogP contribution in [0.15, 0.2) is 48.8 Å². The molecule has 0 aliphatic carbocycles. The highest BCUT2D eigenvalue weighted by molar-refractivity contribution is 6.33. The SMILES string of the molecule is COc1cccc(OCc2cnc3c(Cl)cccn23)c1. The molecule has 3 aromatic rings. The molecule has 0 unspecified atom stereocenters. The summed E-state index contributed by atoms with van der Waals surface area (Å²) in [5.74, 6) is 1.52. The van der Waals surface area contributed by atoms with Gasteiger partial charge in [-0.2, -0.15) is 0 Å². The van der Waals surface area contributed by atoms with Gasteiger partial charge < -0.3 is 9.47 Å².